The van der Waals surface area contributed by atoms with Crippen LogP contribution in [0.1, 0.15) is 12.0 Å². The molecule has 0 fully saturated rings. The number of hydrogen-bond acceptors (Lipinski definition) is 3. The molecule has 0 radical (unpaired) electrons. The molecule has 0 saturated carbocycles. The van der Waals surface area contributed by atoms with E-state index in [0.29, 0.717) is 6.61 Å². The molecular formula is C23H22N2O2. The minimum atomic E-state index is 0.707. The van der Waals surface area contributed by atoms with Crippen LogP contribution in [0.15, 0.2) is 72.8 Å². The first kappa shape index (κ1) is 17.2. The van der Waals surface area contributed by atoms with E-state index in [0.717, 1.165) is 46.8 Å². The smallest absolute Gasteiger partial charge is 0.138 e. The molecular weight excluding hydrogens is 336 g/mol. The van der Waals surface area contributed by atoms with Crippen molar-refractivity contribution in [2.75, 3.05) is 13.7 Å². The van der Waals surface area contributed by atoms with Crippen LogP contribution in [-0.4, -0.2) is 23.7 Å². The zero-order chi connectivity index (χ0) is 18.5. The first-order valence-corrected chi connectivity index (χ1v) is 9.13. The number of nitrogens with one attached hydrogen (secondary N) is 1. The summed E-state index contributed by atoms with van der Waals surface area (Å²) < 4.78 is 11.1. The van der Waals surface area contributed by atoms with E-state index in [2.05, 4.69) is 34.2 Å². The molecule has 0 spiro atoms. The van der Waals surface area contributed by atoms with Gasteiger partial charge in [0.2, 0.25) is 0 Å². The fraction of sp³-hybridized carbons (Fsp3) is 0.174. The molecule has 0 saturated heterocycles. The van der Waals surface area contributed by atoms with E-state index in [9.17, 15) is 0 Å². The van der Waals surface area contributed by atoms with E-state index in [1.807, 2.05) is 48.5 Å². The van der Waals surface area contributed by atoms with E-state index in [4.69, 9.17) is 9.47 Å². The predicted octanol–water partition coefficient (Wildman–Crippen LogP) is 5.25. The summed E-state index contributed by atoms with van der Waals surface area (Å²) in [5, 5.41) is 0. The fourth-order valence-corrected chi connectivity index (χ4v) is 3.07. The number of hydrogen-bond donors (Lipinski definition) is 1. The summed E-state index contributed by atoms with van der Waals surface area (Å²) in [6, 6.07) is 24.4. The zero-order valence-corrected chi connectivity index (χ0v) is 15.3. The van der Waals surface area contributed by atoms with Crippen molar-refractivity contribution in [3.05, 3.63) is 78.4 Å². The first-order valence-electron chi connectivity index (χ1n) is 9.13. The van der Waals surface area contributed by atoms with Gasteiger partial charge in [-0.15, -0.1) is 0 Å². The molecule has 4 heteroatoms. The number of nitrogens with zero attached hydrogens (tertiary/aromatic N) is 1. The Morgan fingerprint density at radius 3 is 2.44 bits per heavy atom. The van der Waals surface area contributed by atoms with Crippen molar-refractivity contribution in [3.8, 4) is 22.9 Å². The molecule has 0 aliphatic heterocycles. The molecule has 0 bridgehead atoms. The van der Waals surface area contributed by atoms with Crippen molar-refractivity contribution in [1.82, 2.24) is 9.97 Å². The van der Waals surface area contributed by atoms with Gasteiger partial charge < -0.3 is 14.5 Å². The molecule has 136 valence electrons. The summed E-state index contributed by atoms with van der Waals surface area (Å²) in [4.78, 5) is 7.99. The highest BCUT2D eigenvalue weighted by Gasteiger charge is 2.06. The number of aromatic amines is 1. The summed E-state index contributed by atoms with van der Waals surface area (Å²) >= 11 is 0. The highest BCUT2D eigenvalue weighted by Crippen LogP contribution is 2.25. The zero-order valence-electron chi connectivity index (χ0n) is 15.3. The number of methoxy groups -OCH3 is 1. The molecule has 0 aliphatic rings. The summed E-state index contributed by atoms with van der Waals surface area (Å²) in [6.45, 7) is 0.707. The number of rotatable bonds is 7. The van der Waals surface area contributed by atoms with Crippen molar-refractivity contribution in [2.45, 2.75) is 12.8 Å². The van der Waals surface area contributed by atoms with Gasteiger partial charge in [0.15, 0.2) is 0 Å². The van der Waals surface area contributed by atoms with Gasteiger partial charge in [0, 0.05) is 11.6 Å². The first-order chi connectivity index (χ1) is 13.3. The lowest BCUT2D eigenvalue weighted by atomic mass is 10.1. The maximum absolute atomic E-state index is 5.86. The second-order valence-corrected chi connectivity index (χ2v) is 6.43. The van der Waals surface area contributed by atoms with E-state index < -0.39 is 0 Å². The van der Waals surface area contributed by atoms with Crippen LogP contribution in [0.5, 0.6) is 11.5 Å². The third-order valence-electron chi connectivity index (χ3n) is 4.54. The van der Waals surface area contributed by atoms with E-state index in [1.54, 1.807) is 7.11 Å². The molecule has 0 amide bonds. The number of imidazole rings is 1. The van der Waals surface area contributed by atoms with Gasteiger partial charge in [0.1, 0.15) is 17.3 Å². The number of aryl methyl sites for hydroxylation is 1. The van der Waals surface area contributed by atoms with E-state index in [1.165, 1.54) is 5.56 Å². The molecule has 27 heavy (non-hydrogen) atoms. The maximum Gasteiger partial charge on any atom is 0.138 e. The SMILES string of the molecule is COc1ccc2nc(-c3ccc(OCCCc4ccccc4)cc3)[nH]c2c1. The second-order valence-electron chi connectivity index (χ2n) is 6.43. The van der Waals surface area contributed by atoms with Crippen molar-refractivity contribution >= 4 is 11.0 Å². The van der Waals surface area contributed by atoms with Crippen molar-refractivity contribution in [2.24, 2.45) is 0 Å². The second kappa shape index (κ2) is 7.96. The van der Waals surface area contributed by atoms with Crippen molar-refractivity contribution in [1.29, 1.82) is 0 Å². The Balaban J connectivity index is 1.37. The molecule has 0 unspecified atom stereocenters. The highest BCUT2D eigenvalue weighted by molar-refractivity contribution is 5.80. The van der Waals surface area contributed by atoms with Gasteiger partial charge in [-0.3, -0.25) is 0 Å². The summed E-state index contributed by atoms with van der Waals surface area (Å²) in [5.41, 5.74) is 4.26. The number of aromatic nitrogens is 2. The molecule has 0 aliphatic carbocycles. The van der Waals surface area contributed by atoms with Crippen molar-refractivity contribution in [3.63, 3.8) is 0 Å². The van der Waals surface area contributed by atoms with Crippen LogP contribution in [0.25, 0.3) is 22.4 Å². The average molecular weight is 358 g/mol. The largest absolute Gasteiger partial charge is 0.497 e. The summed E-state index contributed by atoms with van der Waals surface area (Å²) in [7, 11) is 1.66. The van der Waals surface area contributed by atoms with Crippen LogP contribution in [0.2, 0.25) is 0 Å². The Bertz CT molecular complexity index is 1010. The molecule has 4 rings (SSSR count). The van der Waals surface area contributed by atoms with Crippen LogP contribution in [0, 0.1) is 0 Å². The minimum Gasteiger partial charge on any atom is -0.497 e. The summed E-state index contributed by atoms with van der Waals surface area (Å²) in [5.74, 6) is 2.54. The summed E-state index contributed by atoms with van der Waals surface area (Å²) in [6.07, 6.45) is 2.03. The normalized spacial score (nSPS) is 10.9. The number of benzene rings is 3. The van der Waals surface area contributed by atoms with Crippen LogP contribution in [0.4, 0.5) is 0 Å². The van der Waals surface area contributed by atoms with E-state index in [-0.39, 0.29) is 0 Å². The van der Waals surface area contributed by atoms with Gasteiger partial charge >= 0.3 is 0 Å². The van der Waals surface area contributed by atoms with Gasteiger partial charge in [-0.25, -0.2) is 4.98 Å². The maximum atomic E-state index is 5.86. The highest BCUT2D eigenvalue weighted by atomic mass is 16.5. The topological polar surface area (TPSA) is 47.1 Å². The Morgan fingerprint density at radius 1 is 0.889 bits per heavy atom. The third-order valence-corrected chi connectivity index (χ3v) is 4.54. The molecule has 1 aromatic heterocycles. The minimum absolute atomic E-state index is 0.707. The quantitative estimate of drug-likeness (QED) is 0.459. The molecule has 4 aromatic rings. The Morgan fingerprint density at radius 2 is 1.67 bits per heavy atom. The van der Waals surface area contributed by atoms with Crippen LogP contribution in [0.3, 0.4) is 0 Å². The average Bonchev–Trinajstić information content (AvgIpc) is 3.15. The van der Waals surface area contributed by atoms with Gasteiger partial charge in [0.25, 0.3) is 0 Å². The predicted molar refractivity (Wildman–Crippen MR) is 108 cm³/mol. The lowest BCUT2D eigenvalue weighted by Gasteiger charge is -2.07. The number of H-pyrrole nitrogens is 1. The standard InChI is InChI=1S/C23H22N2O2/c1-26-20-13-14-21-22(16-20)25-23(24-21)18-9-11-19(12-10-18)27-15-5-8-17-6-3-2-4-7-17/h2-4,6-7,9-14,16H,5,8,15H2,1H3,(H,24,25). The van der Waals surface area contributed by atoms with Crippen LogP contribution >= 0.6 is 0 Å². The number of ether oxygens (including phenoxy) is 2. The van der Waals surface area contributed by atoms with Gasteiger partial charge in [0.05, 0.1) is 24.8 Å². The monoisotopic (exact) mass is 358 g/mol. The molecule has 1 heterocycles. The lowest BCUT2D eigenvalue weighted by molar-refractivity contribution is 0.311. The van der Waals surface area contributed by atoms with Crippen molar-refractivity contribution < 1.29 is 9.47 Å². The third kappa shape index (κ3) is 4.11. The van der Waals surface area contributed by atoms with E-state index >= 15 is 0 Å². The Labute approximate surface area is 158 Å². The van der Waals surface area contributed by atoms with Gasteiger partial charge in [-0.1, -0.05) is 30.3 Å². The molecule has 4 nitrogen and oxygen atoms in total. The molecule has 3 aromatic carbocycles. The van der Waals surface area contributed by atoms with Crippen LogP contribution < -0.4 is 9.47 Å². The lowest BCUT2D eigenvalue weighted by Crippen LogP contribution is -1.99. The van der Waals surface area contributed by atoms with Gasteiger partial charge in [-0.2, -0.15) is 0 Å². The molecule has 1 N–H and O–H groups in total. The fourth-order valence-electron chi connectivity index (χ4n) is 3.07. The van der Waals surface area contributed by atoms with Crippen LogP contribution in [-0.2, 0) is 6.42 Å². The number of fused-ring (bicyclic) bond motifs is 1. The Hall–Kier alpha value is -3.27. The van der Waals surface area contributed by atoms with Gasteiger partial charge in [-0.05, 0) is 54.8 Å². The molecule has 0 atom stereocenters. The Kier molecular flexibility index (Phi) is 5.06.